The maximum atomic E-state index is 12.3. The SMILES string of the molecule is Cc1ccc(OCCC(=O)Nc2cccc(-c3csc(-c4ccccc4Cl)n3)c2)cc1. The summed E-state index contributed by atoms with van der Waals surface area (Å²) in [5.41, 5.74) is 4.59. The number of thiazole rings is 1. The van der Waals surface area contributed by atoms with Gasteiger partial charge in [-0.05, 0) is 37.3 Å². The normalized spacial score (nSPS) is 10.6. The molecule has 1 amide bonds. The first kappa shape index (κ1) is 21.1. The first-order valence-corrected chi connectivity index (χ1v) is 11.1. The predicted molar refractivity (Wildman–Crippen MR) is 128 cm³/mol. The largest absolute Gasteiger partial charge is 0.493 e. The molecule has 6 heteroatoms. The fourth-order valence-electron chi connectivity index (χ4n) is 3.04. The molecule has 0 radical (unpaired) electrons. The number of aromatic nitrogens is 1. The zero-order valence-electron chi connectivity index (χ0n) is 17.0. The predicted octanol–water partition coefficient (Wildman–Crippen LogP) is 6.85. The van der Waals surface area contributed by atoms with E-state index < -0.39 is 0 Å². The lowest BCUT2D eigenvalue weighted by Gasteiger charge is -2.08. The van der Waals surface area contributed by atoms with Crippen molar-refractivity contribution in [3.05, 3.63) is 88.8 Å². The number of aryl methyl sites for hydroxylation is 1. The van der Waals surface area contributed by atoms with Crippen LogP contribution in [0.5, 0.6) is 5.75 Å². The van der Waals surface area contributed by atoms with Gasteiger partial charge in [-0.15, -0.1) is 11.3 Å². The number of amides is 1. The Morgan fingerprint density at radius 1 is 1.06 bits per heavy atom. The number of nitrogens with zero attached hydrogens (tertiary/aromatic N) is 1. The van der Waals surface area contributed by atoms with E-state index >= 15 is 0 Å². The van der Waals surface area contributed by atoms with E-state index in [4.69, 9.17) is 21.3 Å². The van der Waals surface area contributed by atoms with Crippen molar-refractivity contribution in [1.29, 1.82) is 0 Å². The van der Waals surface area contributed by atoms with Gasteiger partial charge in [0.2, 0.25) is 5.91 Å². The minimum atomic E-state index is -0.0979. The van der Waals surface area contributed by atoms with Crippen LogP contribution in [-0.4, -0.2) is 17.5 Å². The topological polar surface area (TPSA) is 51.2 Å². The van der Waals surface area contributed by atoms with Crippen molar-refractivity contribution >= 4 is 34.5 Å². The summed E-state index contributed by atoms with van der Waals surface area (Å²) in [6.45, 7) is 2.34. The van der Waals surface area contributed by atoms with E-state index in [1.54, 1.807) is 11.3 Å². The van der Waals surface area contributed by atoms with Crippen molar-refractivity contribution in [3.63, 3.8) is 0 Å². The van der Waals surface area contributed by atoms with Gasteiger partial charge in [0.15, 0.2) is 0 Å². The van der Waals surface area contributed by atoms with Gasteiger partial charge in [0, 0.05) is 22.2 Å². The van der Waals surface area contributed by atoms with Crippen LogP contribution < -0.4 is 10.1 Å². The third-order valence-corrected chi connectivity index (χ3v) is 5.87. The quantitative estimate of drug-likeness (QED) is 0.336. The number of nitrogens with one attached hydrogen (secondary N) is 1. The lowest BCUT2D eigenvalue weighted by atomic mass is 10.1. The van der Waals surface area contributed by atoms with Crippen LogP contribution >= 0.6 is 22.9 Å². The molecule has 156 valence electrons. The van der Waals surface area contributed by atoms with Crippen molar-refractivity contribution < 1.29 is 9.53 Å². The average Bonchev–Trinajstić information content (AvgIpc) is 3.26. The second kappa shape index (κ2) is 9.77. The van der Waals surface area contributed by atoms with Crippen LogP contribution in [0.4, 0.5) is 5.69 Å². The number of rotatable bonds is 7. The van der Waals surface area contributed by atoms with Gasteiger partial charge in [0.25, 0.3) is 0 Å². The van der Waals surface area contributed by atoms with E-state index in [1.807, 2.05) is 85.1 Å². The second-order valence-corrected chi connectivity index (χ2v) is 8.32. The number of hydrogen-bond acceptors (Lipinski definition) is 4. The van der Waals surface area contributed by atoms with Gasteiger partial charge in [-0.1, -0.05) is 59.6 Å². The molecule has 3 aromatic carbocycles. The number of carbonyl (C=O) groups is 1. The van der Waals surface area contributed by atoms with Crippen molar-refractivity contribution in [3.8, 4) is 27.6 Å². The molecule has 0 bridgehead atoms. The first-order chi connectivity index (χ1) is 15.1. The molecule has 0 atom stereocenters. The molecule has 0 unspecified atom stereocenters. The first-order valence-electron chi connectivity index (χ1n) is 9.89. The Morgan fingerprint density at radius 3 is 2.68 bits per heavy atom. The summed E-state index contributed by atoms with van der Waals surface area (Å²) in [4.78, 5) is 17.0. The Hall–Kier alpha value is -3.15. The highest BCUT2D eigenvalue weighted by molar-refractivity contribution is 7.13. The van der Waals surface area contributed by atoms with Crippen molar-refractivity contribution in [1.82, 2.24) is 4.98 Å². The molecule has 0 spiro atoms. The van der Waals surface area contributed by atoms with Crippen LogP contribution in [0.25, 0.3) is 21.8 Å². The van der Waals surface area contributed by atoms with E-state index in [9.17, 15) is 4.79 Å². The van der Waals surface area contributed by atoms with Crippen LogP contribution in [0.15, 0.2) is 78.2 Å². The van der Waals surface area contributed by atoms with Crippen LogP contribution in [-0.2, 0) is 4.79 Å². The van der Waals surface area contributed by atoms with Crippen molar-refractivity contribution in [2.45, 2.75) is 13.3 Å². The Labute approximate surface area is 190 Å². The number of anilines is 1. The molecule has 0 fully saturated rings. The van der Waals surface area contributed by atoms with E-state index in [1.165, 1.54) is 5.56 Å². The number of carbonyl (C=O) groups excluding carboxylic acids is 1. The molecular formula is C25H21ClN2O2S. The number of ether oxygens (including phenoxy) is 1. The third kappa shape index (κ3) is 5.51. The van der Waals surface area contributed by atoms with Crippen molar-refractivity contribution in [2.24, 2.45) is 0 Å². The smallest absolute Gasteiger partial charge is 0.227 e. The molecular weight excluding hydrogens is 428 g/mol. The van der Waals surface area contributed by atoms with Crippen LogP contribution in [0.2, 0.25) is 5.02 Å². The minimum Gasteiger partial charge on any atom is -0.493 e. The van der Waals surface area contributed by atoms with Crippen molar-refractivity contribution in [2.75, 3.05) is 11.9 Å². The lowest BCUT2D eigenvalue weighted by molar-refractivity contribution is -0.116. The minimum absolute atomic E-state index is 0.0979. The molecule has 0 aliphatic carbocycles. The molecule has 1 N–H and O–H groups in total. The lowest BCUT2D eigenvalue weighted by Crippen LogP contribution is -2.15. The molecule has 1 heterocycles. The highest BCUT2D eigenvalue weighted by atomic mass is 35.5. The summed E-state index contributed by atoms with van der Waals surface area (Å²) < 4.78 is 5.64. The molecule has 0 saturated carbocycles. The van der Waals surface area contributed by atoms with Crippen LogP contribution in [0, 0.1) is 6.92 Å². The Morgan fingerprint density at radius 2 is 1.87 bits per heavy atom. The Bertz CT molecular complexity index is 1190. The summed E-state index contributed by atoms with van der Waals surface area (Å²) >= 11 is 7.83. The Balaban J connectivity index is 1.38. The number of benzene rings is 3. The summed E-state index contributed by atoms with van der Waals surface area (Å²) in [5.74, 6) is 0.664. The van der Waals surface area contributed by atoms with E-state index in [-0.39, 0.29) is 12.3 Å². The molecule has 4 rings (SSSR count). The van der Waals surface area contributed by atoms with Gasteiger partial charge in [-0.25, -0.2) is 4.98 Å². The molecule has 0 saturated heterocycles. The molecule has 4 nitrogen and oxygen atoms in total. The number of hydrogen-bond donors (Lipinski definition) is 1. The van der Waals surface area contributed by atoms with Crippen LogP contribution in [0.3, 0.4) is 0 Å². The summed E-state index contributed by atoms with van der Waals surface area (Å²) in [5, 5.41) is 6.47. The molecule has 0 aliphatic heterocycles. The average molecular weight is 449 g/mol. The standard InChI is InChI=1S/C25H21ClN2O2S/c1-17-9-11-20(12-10-17)30-14-13-24(29)27-19-6-4-5-18(15-19)23-16-31-25(28-23)21-7-2-3-8-22(21)26/h2-12,15-16H,13-14H2,1H3,(H,27,29). The van der Waals surface area contributed by atoms with Gasteiger partial charge < -0.3 is 10.1 Å². The highest BCUT2D eigenvalue weighted by Gasteiger charge is 2.10. The third-order valence-electron chi connectivity index (χ3n) is 4.67. The van der Waals surface area contributed by atoms with Gasteiger partial charge in [0.05, 0.1) is 23.7 Å². The van der Waals surface area contributed by atoms with Crippen LogP contribution in [0.1, 0.15) is 12.0 Å². The second-order valence-electron chi connectivity index (χ2n) is 7.06. The van der Waals surface area contributed by atoms with Gasteiger partial charge in [-0.2, -0.15) is 0 Å². The van der Waals surface area contributed by atoms with Gasteiger partial charge in [-0.3, -0.25) is 4.79 Å². The molecule has 0 aliphatic rings. The zero-order chi connectivity index (χ0) is 21.6. The maximum Gasteiger partial charge on any atom is 0.227 e. The molecule has 31 heavy (non-hydrogen) atoms. The summed E-state index contributed by atoms with van der Waals surface area (Å²) in [6, 6.07) is 23.1. The molecule has 4 aromatic rings. The highest BCUT2D eigenvalue weighted by Crippen LogP contribution is 2.33. The zero-order valence-corrected chi connectivity index (χ0v) is 18.5. The van der Waals surface area contributed by atoms with E-state index in [0.717, 1.165) is 33.3 Å². The van der Waals surface area contributed by atoms with E-state index in [2.05, 4.69) is 5.32 Å². The summed E-state index contributed by atoms with van der Waals surface area (Å²) in [6.07, 6.45) is 0.269. The maximum absolute atomic E-state index is 12.3. The van der Waals surface area contributed by atoms with Gasteiger partial charge in [0.1, 0.15) is 10.8 Å². The Kier molecular flexibility index (Phi) is 6.65. The molecule has 1 aromatic heterocycles. The number of halogens is 1. The fraction of sp³-hybridized carbons (Fsp3) is 0.120. The summed E-state index contributed by atoms with van der Waals surface area (Å²) in [7, 11) is 0. The monoisotopic (exact) mass is 448 g/mol. The fourth-order valence-corrected chi connectivity index (χ4v) is 4.19. The van der Waals surface area contributed by atoms with E-state index in [0.29, 0.717) is 11.6 Å². The van der Waals surface area contributed by atoms with Gasteiger partial charge >= 0.3 is 0 Å².